The molecule has 0 aliphatic heterocycles. The lowest BCUT2D eigenvalue weighted by atomic mass is 9.81. The van der Waals surface area contributed by atoms with Crippen molar-refractivity contribution in [2.24, 2.45) is 0 Å². The van der Waals surface area contributed by atoms with E-state index in [1.807, 2.05) is 6.07 Å². The fraction of sp³-hybridized carbons (Fsp3) is 0.120. The van der Waals surface area contributed by atoms with E-state index in [2.05, 4.69) is 98.0 Å². The van der Waals surface area contributed by atoms with Gasteiger partial charge >= 0.3 is 0 Å². The summed E-state index contributed by atoms with van der Waals surface area (Å²) in [5.41, 5.74) is 7.78. The highest BCUT2D eigenvalue weighted by molar-refractivity contribution is 5.95. The maximum Gasteiger partial charge on any atom is 0.0431 e. The van der Waals surface area contributed by atoms with Gasteiger partial charge in [0.05, 0.1) is 0 Å². The maximum absolute atomic E-state index is 3.64. The normalized spacial score (nSPS) is 14.1. The fourth-order valence-electron chi connectivity index (χ4n) is 4.35. The topological polar surface area (TPSA) is 12.0 Å². The van der Waals surface area contributed by atoms with Crippen molar-refractivity contribution < 1.29 is 0 Å². The Morgan fingerprint density at radius 3 is 2.12 bits per heavy atom. The van der Waals surface area contributed by atoms with Crippen LogP contribution in [0, 0.1) is 0 Å². The van der Waals surface area contributed by atoms with Crippen LogP contribution in [0.15, 0.2) is 84.9 Å². The van der Waals surface area contributed by atoms with Crippen LogP contribution in [0.3, 0.4) is 0 Å². The van der Waals surface area contributed by atoms with Gasteiger partial charge in [0.15, 0.2) is 0 Å². The lowest BCUT2D eigenvalue weighted by Gasteiger charge is -2.25. The first-order chi connectivity index (χ1) is 12.6. The summed E-state index contributed by atoms with van der Waals surface area (Å²) in [7, 11) is 0. The number of para-hydroxylation sites is 1. The highest BCUT2D eigenvalue weighted by Crippen LogP contribution is 2.52. The summed E-state index contributed by atoms with van der Waals surface area (Å²) < 4.78 is 0. The van der Waals surface area contributed by atoms with Crippen LogP contribution >= 0.6 is 0 Å². The van der Waals surface area contributed by atoms with E-state index in [-0.39, 0.29) is 5.41 Å². The average Bonchev–Trinajstić information content (AvgIpc) is 2.89. The third-order valence-electron chi connectivity index (χ3n) is 5.59. The quantitative estimate of drug-likeness (QED) is 0.420. The van der Waals surface area contributed by atoms with E-state index in [1.54, 1.807) is 0 Å². The maximum atomic E-state index is 3.64. The predicted octanol–water partition coefficient (Wildman–Crippen LogP) is 6.89. The molecule has 0 fully saturated rings. The zero-order valence-corrected chi connectivity index (χ0v) is 15.1. The van der Waals surface area contributed by atoms with E-state index >= 15 is 0 Å². The number of rotatable bonds is 2. The van der Waals surface area contributed by atoms with Crippen LogP contribution in [0.2, 0.25) is 0 Å². The molecule has 0 unspecified atom stereocenters. The molecule has 0 bridgehead atoms. The Kier molecular flexibility index (Phi) is 3.20. The highest BCUT2D eigenvalue weighted by Gasteiger charge is 2.37. The van der Waals surface area contributed by atoms with Gasteiger partial charge in [-0.25, -0.2) is 0 Å². The van der Waals surface area contributed by atoms with Crippen molar-refractivity contribution in [3.8, 4) is 11.1 Å². The Morgan fingerprint density at radius 1 is 0.654 bits per heavy atom. The standard InChI is InChI=1S/C25H21N/c1-25(2)22-16-18-10-7-6-9-17(18)15-21(22)20-13-8-14-23(24(20)25)26-19-11-4-3-5-12-19/h3-16,26H,1-2H3. The molecular weight excluding hydrogens is 314 g/mol. The van der Waals surface area contributed by atoms with E-state index in [0.29, 0.717) is 0 Å². The highest BCUT2D eigenvalue weighted by atomic mass is 14.9. The van der Waals surface area contributed by atoms with E-state index in [9.17, 15) is 0 Å². The average molecular weight is 335 g/mol. The third kappa shape index (κ3) is 2.17. The van der Waals surface area contributed by atoms with Crippen molar-refractivity contribution in [3.63, 3.8) is 0 Å². The van der Waals surface area contributed by atoms with Crippen LogP contribution in [0.4, 0.5) is 11.4 Å². The van der Waals surface area contributed by atoms with E-state index in [4.69, 9.17) is 0 Å². The molecule has 0 heterocycles. The molecule has 4 aromatic carbocycles. The largest absolute Gasteiger partial charge is 0.355 e. The summed E-state index contributed by atoms with van der Waals surface area (Å²) in [4.78, 5) is 0. The summed E-state index contributed by atoms with van der Waals surface area (Å²) in [5, 5.41) is 6.25. The minimum atomic E-state index is -0.0347. The van der Waals surface area contributed by atoms with Crippen LogP contribution < -0.4 is 5.32 Å². The summed E-state index contributed by atoms with van der Waals surface area (Å²) in [6, 6.07) is 30.4. The molecule has 1 heteroatoms. The van der Waals surface area contributed by atoms with Crippen LogP contribution in [0.1, 0.15) is 25.0 Å². The van der Waals surface area contributed by atoms with Gasteiger partial charge in [0, 0.05) is 16.8 Å². The van der Waals surface area contributed by atoms with Crippen molar-refractivity contribution in [1.29, 1.82) is 0 Å². The second-order valence-electron chi connectivity index (χ2n) is 7.59. The minimum absolute atomic E-state index is 0.0347. The summed E-state index contributed by atoms with van der Waals surface area (Å²) in [6.07, 6.45) is 0. The molecule has 0 saturated carbocycles. The second kappa shape index (κ2) is 5.47. The molecule has 0 amide bonds. The zero-order chi connectivity index (χ0) is 17.7. The lowest BCUT2D eigenvalue weighted by molar-refractivity contribution is 0.663. The van der Waals surface area contributed by atoms with Gasteiger partial charge in [0.1, 0.15) is 0 Å². The Balaban J connectivity index is 1.73. The van der Waals surface area contributed by atoms with Crippen LogP contribution in [0.5, 0.6) is 0 Å². The van der Waals surface area contributed by atoms with Crippen molar-refractivity contribution >= 4 is 22.1 Å². The summed E-state index contributed by atoms with van der Waals surface area (Å²) in [5.74, 6) is 0. The minimum Gasteiger partial charge on any atom is -0.355 e. The molecule has 126 valence electrons. The molecule has 0 radical (unpaired) electrons. The molecule has 0 atom stereocenters. The van der Waals surface area contributed by atoms with Gasteiger partial charge in [-0.05, 0) is 63.4 Å². The van der Waals surface area contributed by atoms with Crippen molar-refractivity contribution in [2.45, 2.75) is 19.3 Å². The second-order valence-corrected chi connectivity index (χ2v) is 7.59. The van der Waals surface area contributed by atoms with Gasteiger partial charge in [-0.2, -0.15) is 0 Å². The Hall–Kier alpha value is -3.06. The lowest BCUT2D eigenvalue weighted by Crippen LogP contribution is -2.16. The molecule has 4 aromatic rings. The third-order valence-corrected chi connectivity index (χ3v) is 5.59. The first-order valence-corrected chi connectivity index (χ1v) is 9.14. The molecule has 26 heavy (non-hydrogen) atoms. The molecule has 0 aromatic heterocycles. The van der Waals surface area contributed by atoms with Gasteiger partial charge in [0.25, 0.3) is 0 Å². The molecule has 1 aliphatic carbocycles. The SMILES string of the molecule is CC1(C)c2cc3ccccc3cc2-c2cccc(Nc3ccccc3)c21. The molecule has 5 rings (SSSR count). The molecule has 0 spiro atoms. The Labute approximate surface area is 154 Å². The van der Waals surface area contributed by atoms with Crippen molar-refractivity contribution in [1.82, 2.24) is 0 Å². The van der Waals surface area contributed by atoms with Gasteiger partial charge < -0.3 is 5.32 Å². The molecule has 1 aliphatic rings. The van der Waals surface area contributed by atoms with Gasteiger partial charge in [-0.3, -0.25) is 0 Å². The molecular formula is C25H21N. The number of hydrogen-bond acceptors (Lipinski definition) is 1. The first-order valence-electron chi connectivity index (χ1n) is 9.14. The smallest absolute Gasteiger partial charge is 0.0431 e. The molecule has 1 nitrogen and oxygen atoms in total. The molecule has 1 N–H and O–H groups in total. The van der Waals surface area contributed by atoms with Crippen LogP contribution in [0.25, 0.3) is 21.9 Å². The van der Waals surface area contributed by atoms with Crippen LogP contribution in [-0.4, -0.2) is 0 Å². The number of nitrogens with one attached hydrogen (secondary N) is 1. The van der Waals surface area contributed by atoms with Gasteiger partial charge in [-0.1, -0.05) is 68.4 Å². The van der Waals surface area contributed by atoms with E-state index in [0.717, 1.165) is 5.69 Å². The summed E-state index contributed by atoms with van der Waals surface area (Å²) >= 11 is 0. The number of fused-ring (bicyclic) bond motifs is 4. The monoisotopic (exact) mass is 335 g/mol. The number of anilines is 2. The van der Waals surface area contributed by atoms with E-state index in [1.165, 1.54) is 38.7 Å². The van der Waals surface area contributed by atoms with Crippen LogP contribution in [-0.2, 0) is 5.41 Å². The zero-order valence-electron chi connectivity index (χ0n) is 15.1. The number of hydrogen-bond donors (Lipinski definition) is 1. The summed E-state index contributed by atoms with van der Waals surface area (Å²) in [6.45, 7) is 4.67. The van der Waals surface area contributed by atoms with E-state index < -0.39 is 0 Å². The van der Waals surface area contributed by atoms with Crippen molar-refractivity contribution in [2.75, 3.05) is 5.32 Å². The predicted molar refractivity (Wildman–Crippen MR) is 111 cm³/mol. The fourth-order valence-corrected chi connectivity index (χ4v) is 4.35. The molecule has 0 saturated heterocycles. The van der Waals surface area contributed by atoms with Gasteiger partial charge in [0.2, 0.25) is 0 Å². The first kappa shape index (κ1) is 15.2. The van der Waals surface area contributed by atoms with Crippen molar-refractivity contribution in [3.05, 3.63) is 96.1 Å². The Morgan fingerprint density at radius 2 is 1.35 bits per heavy atom. The van der Waals surface area contributed by atoms with Gasteiger partial charge in [-0.15, -0.1) is 0 Å². The Bertz CT molecular complexity index is 1120. The number of benzene rings is 4.